The van der Waals surface area contributed by atoms with Gasteiger partial charge in [-0.15, -0.1) is 0 Å². The Morgan fingerprint density at radius 3 is 3.06 bits per heavy atom. The summed E-state index contributed by atoms with van der Waals surface area (Å²) in [5.74, 6) is 1.24. The minimum Gasteiger partial charge on any atom is -0.507 e. The monoisotopic (exact) mass is 269 g/mol. The van der Waals surface area contributed by atoms with E-state index in [1.54, 1.807) is 0 Å². The second-order valence-corrected chi connectivity index (χ2v) is 5.67. The van der Waals surface area contributed by atoms with Gasteiger partial charge < -0.3 is 5.11 Å². The molecule has 0 aliphatic carbocycles. The lowest BCUT2D eigenvalue weighted by atomic mass is 10.1. The molecule has 1 saturated heterocycles. The number of carbonyl (C=O) groups excluding carboxylic acids is 1. The number of likely N-dealkylation sites (N-methyl/N-ethyl adjacent to an activating group) is 1. The van der Waals surface area contributed by atoms with Gasteiger partial charge in [-0.2, -0.15) is 11.8 Å². The molecule has 1 aromatic rings. The lowest BCUT2D eigenvalue weighted by molar-refractivity contribution is 0.0923. The summed E-state index contributed by atoms with van der Waals surface area (Å²) in [6.45, 7) is 0.211. The van der Waals surface area contributed by atoms with E-state index in [0.29, 0.717) is 6.04 Å². The Morgan fingerprint density at radius 1 is 1.61 bits per heavy atom. The molecule has 5 heteroatoms. The number of hydrogen-bond donors (Lipinski definition) is 1. The molecule has 0 saturated carbocycles. The van der Waals surface area contributed by atoms with E-state index >= 15 is 0 Å². The number of halogens is 1. The number of thioether (sulfide) groups is 1. The van der Waals surface area contributed by atoms with Crippen molar-refractivity contribution in [3.05, 3.63) is 29.6 Å². The molecule has 0 bridgehead atoms. The van der Waals surface area contributed by atoms with Crippen LogP contribution in [0.3, 0.4) is 0 Å². The molecule has 0 radical (unpaired) electrons. The molecule has 1 aliphatic heterocycles. The van der Waals surface area contributed by atoms with E-state index in [4.69, 9.17) is 0 Å². The molecule has 1 unspecified atom stereocenters. The van der Waals surface area contributed by atoms with Crippen LogP contribution >= 0.6 is 11.8 Å². The Kier molecular flexibility index (Phi) is 4.24. The van der Waals surface area contributed by atoms with Crippen LogP contribution in [0, 0.1) is 5.82 Å². The maximum atomic E-state index is 13.1. The summed E-state index contributed by atoms with van der Waals surface area (Å²) in [6, 6.07) is 3.85. The SMILES string of the molecule is CN(CC(=O)c1cc(F)ccc1O)C1CCSC1. The summed E-state index contributed by atoms with van der Waals surface area (Å²) in [4.78, 5) is 14.0. The fourth-order valence-electron chi connectivity index (χ4n) is 2.04. The van der Waals surface area contributed by atoms with E-state index < -0.39 is 5.82 Å². The van der Waals surface area contributed by atoms with Gasteiger partial charge >= 0.3 is 0 Å². The van der Waals surface area contributed by atoms with Gasteiger partial charge in [0, 0.05) is 11.8 Å². The number of phenols is 1. The van der Waals surface area contributed by atoms with Crippen molar-refractivity contribution in [2.45, 2.75) is 12.5 Å². The Hall–Kier alpha value is -1.07. The Labute approximate surface area is 110 Å². The number of ketones is 1. The largest absolute Gasteiger partial charge is 0.507 e. The van der Waals surface area contributed by atoms with Gasteiger partial charge in [0.15, 0.2) is 5.78 Å². The number of nitrogens with zero attached hydrogens (tertiary/aromatic N) is 1. The predicted octanol–water partition coefficient (Wildman–Crippen LogP) is 2.15. The van der Waals surface area contributed by atoms with Crippen molar-refractivity contribution in [3.63, 3.8) is 0 Å². The summed E-state index contributed by atoms with van der Waals surface area (Å²) in [6.07, 6.45) is 1.07. The van der Waals surface area contributed by atoms with Crippen molar-refractivity contribution in [1.82, 2.24) is 4.90 Å². The standard InChI is InChI=1S/C13H16FNO2S/c1-15(10-4-5-18-8-10)7-13(17)11-6-9(14)2-3-12(11)16/h2-3,6,10,16H,4-5,7-8H2,1H3. The van der Waals surface area contributed by atoms with Crippen LogP contribution in [0.4, 0.5) is 4.39 Å². The summed E-state index contributed by atoms with van der Waals surface area (Å²) in [5.41, 5.74) is 0.0625. The first-order chi connectivity index (χ1) is 8.58. The van der Waals surface area contributed by atoms with Gasteiger partial charge in [-0.1, -0.05) is 0 Å². The Bertz CT molecular complexity index is 447. The van der Waals surface area contributed by atoms with Crippen molar-refractivity contribution >= 4 is 17.5 Å². The minimum atomic E-state index is -0.504. The highest BCUT2D eigenvalue weighted by Crippen LogP contribution is 2.23. The summed E-state index contributed by atoms with van der Waals surface area (Å²) >= 11 is 1.88. The molecule has 98 valence electrons. The molecule has 0 amide bonds. The molecule has 0 spiro atoms. The van der Waals surface area contributed by atoms with Crippen molar-refractivity contribution < 1.29 is 14.3 Å². The number of carbonyl (C=O) groups is 1. The highest BCUT2D eigenvalue weighted by Gasteiger charge is 2.23. The van der Waals surface area contributed by atoms with E-state index in [2.05, 4.69) is 0 Å². The number of aromatic hydroxyl groups is 1. The normalized spacial score (nSPS) is 19.4. The molecule has 1 fully saturated rings. The average Bonchev–Trinajstić information content (AvgIpc) is 2.85. The second-order valence-electron chi connectivity index (χ2n) is 4.52. The van der Waals surface area contributed by atoms with Gasteiger partial charge in [0.2, 0.25) is 0 Å². The fraction of sp³-hybridized carbons (Fsp3) is 0.462. The van der Waals surface area contributed by atoms with Crippen LogP contribution in [0.5, 0.6) is 5.75 Å². The van der Waals surface area contributed by atoms with Crippen LogP contribution in [0.25, 0.3) is 0 Å². The fourth-order valence-corrected chi connectivity index (χ4v) is 3.34. The predicted molar refractivity (Wildman–Crippen MR) is 70.8 cm³/mol. The van der Waals surface area contributed by atoms with Crippen LogP contribution in [0.15, 0.2) is 18.2 Å². The summed E-state index contributed by atoms with van der Waals surface area (Å²) in [7, 11) is 1.89. The molecule has 0 aromatic heterocycles. The lowest BCUT2D eigenvalue weighted by Gasteiger charge is -2.22. The van der Waals surface area contributed by atoms with Crippen LogP contribution in [0.2, 0.25) is 0 Å². The molecular formula is C13H16FNO2S. The van der Waals surface area contributed by atoms with Gasteiger partial charge in [0.25, 0.3) is 0 Å². The maximum absolute atomic E-state index is 13.1. The van der Waals surface area contributed by atoms with E-state index in [9.17, 15) is 14.3 Å². The number of hydrogen-bond acceptors (Lipinski definition) is 4. The van der Waals surface area contributed by atoms with Crippen LogP contribution in [-0.4, -0.2) is 46.9 Å². The molecule has 1 aromatic carbocycles. The highest BCUT2D eigenvalue weighted by atomic mass is 32.2. The topological polar surface area (TPSA) is 40.5 Å². The molecular weight excluding hydrogens is 253 g/mol. The molecule has 1 aliphatic rings. The first kappa shape index (κ1) is 13.4. The molecule has 18 heavy (non-hydrogen) atoms. The average molecular weight is 269 g/mol. The van der Waals surface area contributed by atoms with Gasteiger partial charge in [-0.3, -0.25) is 9.69 Å². The summed E-state index contributed by atoms with van der Waals surface area (Å²) in [5, 5.41) is 9.57. The van der Waals surface area contributed by atoms with E-state index in [1.165, 1.54) is 6.07 Å². The Morgan fingerprint density at radius 2 is 2.39 bits per heavy atom. The van der Waals surface area contributed by atoms with Gasteiger partial charge in [-0.05, 0) is 37.4 Å². The number of rotatable bonds is 4. The first-order valence-electron chi connectivity index (χ1n) is 5.87. The van der Waals surface area contributed by atoms with Crippen molar-refractivity contribution in [3.8, 4) is 5.75 Å². The third kappa shape index (κ3) is 3.03. The molecule has 1 heterocycles. The highest BCUT2D eigenvalue weighted by molar-refractivity contribution is 7.99. The zero-order valence-corrected chi connectivity index (χ0v) is 11.0. The van der Waals surface area contributed by atoms with Crippen LogP contribution < -0.4 is 0 Å². The van der Waals surface area contributed by atoms with Crippen LogP contribution in [0.1, 0.15) is 16.8 Å². The molecule has 3 nitrogen and oxygen atoms in total. The summed E-state index contributed by atoms with van der Waals surface area (Å²) < 4.78 is 13.1. The number of phenolic OH excluding ortho intramolecular Hbond substituents is 1. The van der Waals surface area contributed by atoms with E-state index in [1.807, 2.05) is 23.7 Å². The van der Waals surface area contributed by atoms with E-state index in [-0.39, 0.29) is 23.6 Å². The zero-order valence-electron chi connectivity index (χ0n) is 10.2. The van der Waals surface area contributed by atoms with E-state index in [0.717, 1.165) is 30.1 Å². The van der Waals surface area contributed by atoms with Crippen molar-refractivity contribution in [2.24, 2.45) is 0 Å². The number of Topliss-reactive ketones (excluding diaryl/α,β-unsaturated/α-hetero) is 1. The maximum Gasteiger partial charge on any atom is 0.180 e. The van der Waals surface area contributed by atoms with Crippen LogP contribution in [-0.2, 0) is 0 Å². The third-order valence-corrected chi connectivity index (χ3v) is 4.33. The third-order valence-electron chi connectivity index (χ3n) is 3.18. The number of benzene rings is 1. The lowest BCUT2D eigenvalue weighted by Crippen LogP contribution is -2.35. The second kappa shape index (κ2) is 5.71. The van der Waals surface area contributed by atoms with Crippen molar-refractivity contribution in [2.75, 3.05) is 25.1 Å². The van der Waals surface area contributed by atoms with Gasteiger partial charge in [0.05, 0.1) is 12.1 Å². The quantitative estimate of drug-likeness (QED) is 0.850. The molecule has 1 N–H and O–H groups in total. The van der Waals surface area contributed by atoms with Gasteiger partial charge in [0.1, 0.15) is 11.6 Å². The Balaban J connectivity index is 2.04. The first-order valence-corrected chi connectivity index (χ1v) is 7.03. The zero-order chi connectivity index (χ0) is 13.1. The minimum absolute atomic E-state index is 0.0625. The molecule has 2 rings (SSSR count). The molecule has 1 atom stereocenters. The van der Waals surface area contributed by atoms with Crippen molar-refractivity contribution in [1.29, 1.82) is 0 Å². The van der Waals surface area contributed by atoms with Gasteiger partial charge in [-0.25, -0.2) is 4.39 Å². The smallest absolute Gasteiger partial charge is 0.180 e.